The van der Waals surface area contributed by atoms with Gasteiger partial charge in [0.1, 0.15) is 0 Å². The van der Waals surface area contributed by atoms with Crippen LogP contribution in [-0.2, 0) is 9.53 Å². The third-order valence-electron chi connectivity index (χ3n) is 4.30. The smallest absolute Gasteiger partial charge is 0.222 e. The molecule has 2 saturated heterocycles. The summed E-state index contributed by atoms with van der Waals surface area (Å²) in [7, 11) is 1.76. The highest BCUT2D eigenvalue weighted by atomic mass is 35.5. The molecular weight excluding hydrogens is 264 g/mol. The van der Waals surface area contributed by atoms with Gasteiger partial charge in [0, 0.05) is 33.2 Å². The van der Waals surface area contributed by atoms with E-state index >= 15 is 0 Å². The number of rotatable bonds is 5. The number of hydrogen-bond donors (Lipinski definition) is 1. The number of ether oxygens (including phenoxy) is 1. The van der Waals surface area contributed by atoms with Crippen molar-refractivity contribution in [1.82, 2.24) is 10.2 Å². The predicted molar refractivity (Wildman–Crippen MR) is 78.6 cm³/mol. The highest BCUT2D eigenvalue weighted by molar-refractivity contribution is 5.85. The molecule has 5 heteroatoms. The van der Waals surface area contributed by atoms with Crippen molar-refractivity contribution in [3.8, 4) is 0 Å². The van der Waals surface area contributed by atoms with Crippen LogP contribution in [-0.4, -0.2) is 50.7 Å². The van der Waals surface area contributed by atoms with Crippen molar-refractivity contribution in [2.75, 3.05) is 39.9 Å². The molecule has 112 valence electrons. The van der Waals surface area contributed by atoms with Gasteiger partial charge < -0.3 is 15.0 Å². The molecule has 2 aliphatic rings. The molecule has 0 aromatic rings. The van der Waals surface area contributed by atoms with Gasteiger partial charge in [0.05, 0.1) is 0 Å². The molecule has 0 bridgehead atoms. The van der Waals surface area contributed by atoms with Gasteiger partial charge >= 0.3 is 0 Å². The molecule has 2 aliphatic heterocycles. The minimum absolute atomic E-state index is 0. The number of hydrogen-bond acceptors (Lipinski definition) is 3. The molecule has 0 aliphatic carbocycles. The zero-order valence-electron chi connectivity index (χ0n) is 11.9. The summed E-state index contributed by atoms with van der Waals surface area (Å²) in [6.07, 6.45) is 5.24. The number of nitrogens with one attached hydrogen (secondary N) is 1. The maximum absolute atomic E-state index is 12.1. The average molecular weight is 291 g/mol. The number of amides is 1. The van der Waals surface area contributed by atoms with Crippen LogP contribution in [0.25, 0.3) is 0 Å². The second-order valence-corrected chi connectivity index (χ2v) is 5.68. The average Bonchev–Trinajstić information content (AvgIpc) is 2.90. The Morgan fingerprint density at radius 1 is 1.26 bits per heavy atom. The highest BCUT2D eigenvalue weighted by Crippen LogP contribution is 2.20. The van der Waals surface area contributed by atoms with Crippen LogP contribution < -0.4 is 5.32 Å². The first-order chi connectivity index (χ1) is 8.79. The summed E-state index contributed by atoms with van der Waals surface area (Å²) in [6.45, 7) is 4.92. The van der Waals surface area contributed by atoms with Gasteiger partial charge in [-0.3, -0.25) is 4.79 Å². The maximum atomic E-state index is 12.1. The Labute approximate surface area is 122 Å². The molecule has 1 N–H and O–H groups in total. The van der Waals surface area contributed by atoms with Gasteiger partial charge in [0.15, 0.2) is 0 Å². The van der Waals surface area contributed by atoms with Gasteiger partial charge in [0.25, 0.3) is 0 Å². The van der Waals surface area contributed by atoms with Crippen LogP contribution in [0.1, 0.15) is 32.1 Å². The third-order valence-corrected chi connectivity index (χ3v) is 4.30. The fourth-order valence-electron chi connectivity index (χ4n) is 3.03. The molecule has 0 aromatic carbocycles. The van der Waals surface area contributed by atoms with Crippen LogP contribution in [0.4, 0.5) is 0 Å². The van der Waals surface area contributed by atoms with Crippen molar-refractivity contribution in [2.45, 2.75) is 32.1 Å². The molecule has 1 unspecified atom stereocenters. The van der Waals surface area contributed by atoms with Crippen molar-refractivity contribution in [3.05, 3.63) is 0 Å². The lowest BCUT2D eigenvalue weighted by Crippen LogP contribution is -2.39. The van der Waals surface area contributed by atoms with E-state index in [0.29, 0.717) is 11.8 Å². The number of carbonyl (C=O) groups excluding carboxylic acids is 1. The first-order valence-electron chi connectivity index (χ1n) is 7.27. The van der Waals surface area contributed by atoms with Gasteiger partial charge in [-0.05, 0) is 50.6 Å². The quantitative estimate of drug-likeness (QED) is 0.838. The standard InChI is InChI=1S/C14H26N2O2.ClH/c1-18-11-13-5-8-16(9-6-13)14(17)3-2-12-4-7-15-10-12;/h12-13,15H,2-11H2,1H3;1H. The zero-order valence-corrected chi connectivity index (χ0v) is 12.7. The summed E-state index contributed by atoms with van der Waals surface area (Å²) in [5.41, 5.74) is 0. The Morgan fingerprint density at radius 2 is 2.00 bits per heavy atom. The summed E-state index contributed by atoms with van der Waals surface area (Å²) in [6, 6.07) is 0. The van der Waals surface area contributed by atoms with Gasteiger partial charge in [-0.25, -0.2) is 0 Å². The monoisotopic (exact) mass is 290 g/mol. The highest BCUT2D eigenvalue weighted by Gasteiger charge is 2.23. The number of carbonyl (C=O) groups is 1. The van der Waals surface area contributed by atoms with Crippen molar-refractivity contribution in [2.24, 2.45) is 11.8 Å². The van der Waals surface area contributed by atoms with Crippen LogP contribution in [0.3, 0.4) is 0 Å². The topological polar surface area (TPSA) is 41.6 Å². The molecule has 0 saturated carbocycles. The fraction of sp³-hybridized carbons (Fsp3) is 0.929. The Balaban J connectivity index is 0.00000180. The van der Waals surface area contributed by atoms with E-state index in [0.717, 1.165) is 64.4 Å². The Bertz CT molecular complexity index is 262. The number of likely N-dealkylation sites (tertiary alicyclic amines) is 1. The SMILES string of the molecule is COCC1CCN(C(=O)CCC2CCNC2)CC1.Cl. The normalized spacial score (nSPS) is 24.3. The molecule has 0 radical (unpaired) electrons. The van der Waals surface area contributed by atoms with E-state index in [2.05, 4.69) is 10.2 Å². The van der Waals surface area contributed by atoms with Crippen molar-refractivity contribution in [1.29, 1.82) is 0 Å². The van der Waals surface area contributed by atoms with Crippen LogP contribution >= 0.6 is 12.4 Å². The van der Waals surface area contributed by atoms with E-state index in [-0.39, 0.29) is 12.4 Å². The molecular formula is C14H27ClN2O2. The molecule has 19 heavy (non-hydrogen) atoms. The summed E-state index contributed by atoms with van der Waals surface area (Å²) < 4.78 is 5.18. The molecule has 1 amide bonds. The van der Waals surface area contributed by atoms with Crippen LogP contribution in [0.15, 0.2) is 0 Å². The lowest BCUT2D eigenvalue weighted by Gasteiger charge is -2.32. The van der Waals surface area contributed by atoms with Crippen molar-refractivity contribution < 1.29 is 9.53 Å². The first kappa shape index (κ1) is 16.7. The molecule has 1 atom stereocenters. The second kappa shape index (κ2) is 8.77. The van der Waals surface area contributed by atoms with E-state index in [1.807, 2.05) is 0 Å². The molecule has 2 heterocycles. The molecule has 0 spiro atoms. The summed E-state index contributed by atoms with van der Waals surface area (Å²) in [4.78, 5) is 14.1. The predicted octanol–water partition coefficient (Wildman–Crippen LogP) is 1.68. The summed E-state index contributed by atoms with van der Waals surface area (Å²) in [5, 5.41) is 3.36. The largest absolute Gasteiger partial charge is 0.384 e. The van der Waals surface area contributed by atoms with Crippen molar-refractivity contribution in [3.63, 3.8) is 0 Å². The van der Waals surface area contributed by atoms with E-state index in [4.69, 9.17) is 4.74 Å². The minimum Gasteiger partial charge on any atom is -0.384 e. The van der Waals surface area contributed by atoms with Crippen LogP contribution in [0.5, 0.6) is 0 Å². The van der Waals surface area contributed by atoms with E-state index < -0.39 is 0 Å². The Morgan fingerprint density at radius 3 is 2.58 bits per heavy atom. The van der Waals surface area contributed by atoms with Gasteiger partial charge in [-0.2, -0.15) is 0 Å². The second-order valence-electron chi connectivity index (χ2n) is 5.68. The number of halogens is 1. The van der Waals surface area contributed by atoms with Crippen LogP contribution in [0, 0.1) is 11.8 Å². The van der Waals surface area contributed by atoms with Gasteiger partial charge in [-0.15, -0.1) is 12.4 Å². The van der Waals surface area contributed by atoms with Gasteiger partial charge in [-0.1, -0.05) is 0 Å². The fourth-order valence-corrected chi connectivity index (χ4v) is 3.03. The summed E-state index contributed by atoms with van der Waals surface area (Å²) >= 11 is 0. The summed E-state index contributed by atoms with van der Waals surface area (Å²) in [5.74, 6) is 1.73. The van der Waals surface area contributed by atoms with Gasteiger partial charge in [0.2, 0.25) is 5.91 Å². The maximum Gasteiger partial charge on any atom is 0.222 e. The molecule has 4 nitrogen and oxygen atoms in total. The minimum atomic E-state index is 0. The lowest BCUT2D eigenvalue weighted by molar-refractivity contribution is -0.133. The van der Waals surface area contributed by atoms with Crippen LogP contribution in [0.2, 0.25) is 0 Å². The van der Waals surface area contributed by atoms with E-state index in [1.54, 1.807) is 7.11 Å². The lowest BCUT2D eigenvalue weighted by atomic mass is 9.96. The van der Waals surface area contributed by atoms with E-state index in [9.17, 15) is 4.79 Å². The zero-order chi connectivity index (χ0) is 12.8. The number of methoxy groups -OCH3 is 1. The number of piperidine rings is 1. The molecule has 2 fully saturated rings. The Kier molecular flexibility index (Phi) is 7.73. The number of nitrogens with zero attached hydrogens (tertiary/aromatic N) is 1. The molecule has 2 rings (SSSR count). The third kappa shape index (κ3) is 5.28. The molecule has 0 aromatic heterocycles. The van der Waals surface area contributed by atoms with Crippen molar-refractivity contribution >= 4 is 18.3 Å². The van der Waals surface area contributed by atoms with E-state index in [1.165, 1.54) is 6.42 Å². The first-order valence-corrected chi connectivity index (χ1v) is 7.27. The Hall–Kier alpha value is -0.320.